The number of carbonyl (C=O) groups excluding carboxylic acids is 1. The Kier molecular flexibility index (Phi) is 5.61. The summed E-state index contributed by atoms with van der Waals surface area (Å²) in [6, 6.07) is 13.5. The van der Waals surface area contributed by atoms with E-state index in [2.05, 4.69) is 10.3 Å². The van der Waals surface area contributed by atoms with Crippen LogP contribution >= 0.6 is 0 Å². The predicted molar refractivity (Wildman–Crippen MR) is 94.8 cm³/mol. The lowest BCUT2D eigenvalue weighted by molar-refractivity contribution is -0.117. The molecule has 1 saturated carbocycles. The highest BCUT2D eigenvalue weighted by Gasteiger charge is 2.14. The minimum absolute atomic E-state index is 0.0356. The second-order valence-electron chi connectivity index (χ2n) is 6.02. The van der Waals surface area contributed by atoms with Crippen LogP contribution in [0.1, 0.15) is 37.7 Å². The summed E-state index contributed by atoms with van der Waals surface area (Å²) in [5.41, 5.74) is 0.870. The molecule has 1 aromatic carbocycles. The van der Waals surface area contributed by atoms with Gasteiger partial charge in [-0.1, -0.05) is 37.5 Å². The maximum Gasteiger partial charge on any atom is 0.244 e. The number of nitrogens with one attached hydrogen (secondary N) is 1. The molecule has 2 aromatic rings. The fraction of sp³-hybridized carbons (Fsp3) is 0.300. The molecular formula is C20H22N2O2. The lowest BCUT2D eigenvalue weighted by Gasteiger charge is -2.21. The van der Waals surface area contributed by atoms with E-state index in [0.717, 1.165) is 24.2 Å². The number of pyridine rings is 1. The quantitative estimate of drug-likeness (QED) is 0.833. The minimum Gasteiger partial charge on any atom is -0.439 e. The van der Waals surface area contributed by atoms with Crippen molar-refractivity contribution in [3.05, 3.63) is 60.3 Å². The first kappa shape index (κ1) is 16.2. The topological polar surface area (TPSA) is 51.2 Å². The van der Waals surface area contributed by atoms with Crippen molar-refractivity contribution < 1.29 is 9.53 Å². The van der Waals surface area contributed by atoms with Gasteiger partial charge in [0.2, 0.25) is 11.8 Å². The third-order valence-corrected chi connectivity index (χ3v) is 4.10. The maximum absolute atomic E-state index is 11.9. The van der Waals surface area contributed by atoms with Crippen LogP contribution in [0.15, 0.2) is 54.7 Å². The van der Waals surface area contributed by atoms with E-state index in [1.807, 2.05) is 36.4 Å². The molecule has 4 nitrogen and oxygen atoms in total. The number of rotatable bonds is 5. The molecule has 0 saturated heterocycles. The van der Waals surface area contributed by atoms with Gasteiger partial charge in [0.05, 0.1) is 0 Å². The third-order valence-electron chi connectivity index (χ3n) is 4.10. The number of carbonyl (C=O) groups is 1. The molecule has 1 heterocycles. The Bertz CT molecular complexity index is 675. The number of para-hydroxylation sites is 1. The third kappa shape index (κ3) is 4.95. The van der Waals surface area contributed by atoms with Crippen molar-refractivity contribution in [1.29, 1.82) is 0 Å². The number of hydrogen-bond donors (Lipinski definition) is 1. The van der Waals surface area contributed by atoms with E-state index in [1.54, 1.807) is 24.4 Å². The van der Waals surface area contributed by atoms with Crippen molar-refractivity contribution in [2.75, 3.05) is 0 Å². The van der Waals surface area contributed by atoms with Crippen LogP contribution in [0.2, 0.25) is 0 Å². The first-order valence-electron chi connectivity index (χ1n) is 8.47. The Hall–Kier alpha value is -2.62. The molecule has 3 rings (SSSR count). The van der Waals surface area contributed by atoms with Gasteiger partial charge in [0, 0.05) is 24.4 Å². The second-order valence-corrected chi connectivity index (χ2v) is 6.02. The van der Waals surface area contributed by atoms with Gasteiger partial charge in [0.1, 0.15) is 5.75 Å². The summed E-state index contributed by atoms with van der Waals surface area (Å²) in [6.07, 6.45) is 10.9. The highest BCUT2D eigenvalue weighted by molar-refractivity contribution is 5.91. The summed E-state index contributed by atoms with van der Waals surface area (Å²) < 4.78 is 5.64. The van der Waals surface area contributed by atoms with Crippen molar-refractivity contribution in [3.8, 4) is 11.6 Å². The summed E-state index contributed by atoms with van der Waals surface area (Å²) in [5.74, 6) is 1.25. The van der Waals surface area contributed by atoms with Gasteiger partial charge in [-0.25, -0.2) is 4.98 Å². The smallest absolute Gasteiger partial charge is 0.244 e. The molecule has 0 radical (unpaired) electrons. The molecule has 1 N–H and O–H groups in total. The Morgan fingerprint density at radius 1 is 1.08 bits per heavy atom. The molecule has 0 unspecified atom stereocenters. The van der Waals surface area contributed by atoms with Crippen molar-refractivity contribution >= 4 is 12.0 Å². The minimum atomic E-state index is -0.0356. The van der Waals surface area contributed by atoms with Crippen LogP contribution in [0.3, 0.4) is 0 Å². The van der Waals surface area contributed by atoms with Gasteiger partial charge >= 0.3 is 0 Å². The summed E-state index contributed by atoms with van der Waals surface area (Å²) in [6.45, 7) is 0. The highest BCUT2D eigenvalue weighted by atomic mass is 16.5. The molecule has 1 aliphatic rings. The zero-order chi connectivity index (χ0) is 16.6. The normalized spacial score (nSPS) is 15.3. The molecule has 0 atom stereocenters. The van der Waals surface area contributed by atoms with Crippen LogP contribution in [-0.4, -0.2) is 16.9 Å². The number of amides is 1. The summed E-state index contributed by atoms with van der Waals surface area (Å²) >= 11 is 0. The van der Waals surface area contributed by atoms with E-state index in [4.69, 9.17) is 4.74 Å². The summed E-state index contributed by atoms with van der Waals surface area (Å²) in [4.78, 5) is 16.2. The van der Waals surface area contributed by atoms with Crippen LogP contribution in [0.25, 0.3) is 6.08 Å². The number of hydrogen-bond acceptors (Lipinski definition) is 3. The van der Waals surface area contributed by atoms with E-state index >= 15 is 0 Å². The van der Waals surface area contributed by atoms with Crippen molar-refractivity contribution in [2.45, 2.75) is 38.1 Å². The molecule has 4 heteroatoms. The first-order chi connectivity index (χ1) is 11.8. The average molecular weight is 322 g/mol. The maximum atomic E-state index is 11.9. The lowest BCUT2D eigenvalue weighted by atomic mass is 9.95. The second kappa shape index (κ2) is 8.29. The van der Waals surface area contributed by atoms with Crippen molar-refractivity contribution in [2.24, 2.45) is 0 Å². The van der Waals surface area contributed by atoms with Gasteiger partial charge < -0.3 is 10.1 Å². The fourth-order valence-corrected chi connectivity index (χ4v) is 2.83. The van der Waals surface area contributed by atoms with Gasteiger partial charge in [0.15, 0.2) is 0 Å². The highest BCUT2D eigenvalue weighted by Crippen LogP contribution is 2.19. The first-order valence-corrected chi connectivity index (χ1v) is 8.47. The molecule has 1 amide bonds. The number of aromatic nitrogens is 1. The molecule has 0 bridgehead atoms. The lowest BCUT2D eigenvalue weighted by Crippen LogP contribution is -2.34. The summed E-state index contributed by atoms with van der Waals surface area (Å²) in [7, 11) is 0. The van der Waals surface area contributed by atoms with Gasteiger partial charge in [-0.3, -0.25) is 4.79 Å². The van der Waals surface area contributed by atoms with E-state index in [9.17, 15) is 4.79 Å². The SMILES string of the molecule is O=C(/C=C\c1ccc(Oc2ccccc2)nc1)NC1CCCCC1. The number of ether oxygens (including phenoxy) is 1. The summed E-state index contributed by atoms with van der Waals surface area (Å²) in [5, 5.41) is 3.06. The molecule has 1 aromatic heterocycles. The monoisotopic (exact) mass is 322 g/mol. The predicted octanol–water partition coefficient (Wildman–Crippen LogP) is 4.34. The van der Waals surface area contributed by atoms with E-state index in [1.165, 1.54) is 19.3 Å². The van der Waals surface area contributed by atoms with Crippen LogP contribution in [0, 0.1) is 0 Å². The van der Waals surface area contributed by atoms with E-state index < -0.39 is 0 Å². The molecule has 1 fully saturated rings. The molecular weight excluding hydrogens is 300 g/mol. The standard InChI is InChI=1S/C20H22N2O2/c23-19(22-17-7-3-1-4-8-17)13-11-16-12-14-20(21-15-16)24-18-9-5-2-6-10-18/h2,5-6,9-15,17H,1,3-4,7-8H2,(H,22,23)/b13-11-. The van der Waals surface area contributed by atoms with Gasteiger partial charge in [-0.15, -0.1) is 0 Å². The molecule has 24 heavy (non-hydrogen) atoms. The van der Waals surface area contributed by atoms with Crippen molar-refractivity contribution in [3.63, 3.8) is 0 Å². The van der Waals surface area contributed by atoms with Gasteiger partial charge in [-0.05, 0) is 42.7 Å². The van der Waals surface area contributed by atoms with Crippen LogP contribution in [0.4, 0.5) is 0 Å². The molecule has 124 valence electrons. The Morgan fingerprint density at radius 3 is 2.58 bits per heavy atom. The molecule has 0 aliphatic heterocycles. The molecule has 1 aliphatic carbocycles. The van der Waals surface area contributed by atoms with E-state index in [0.29, 0.717) is 11.9 Å². The van der Waals surface area contributed by atoms with Crippen LogP contribution in [-0.2, 0) is 4.79 Å². The van der Waals surface area contributed by atoms with Crippen molar-refractivity contribution in [1.82, 2.24) is 10.3 Å². The largest absolute Gasteiger partial charge is 0.439 e. The average Bonchev–Trinajstić information content (AvgIpc) is 2.63. The fourth-order valence-electron chi connectivity index (χ4n) is 2.83. The van der Waals surface area contributed by atoms with E-state index in [-0.39, 0.29) is 5.91 Å². The zero-order valence-electron chi connectivity index (χ0n) is 13.7. The van der Waals surface area contributed by atoms with Crippen LogP contribution in [0.5, 0.6) is 11.6 Å². The zero-order valence-corrected chi connectivity index (χ0v) is 13.7. The Balaban J connectivity index is 1.52. The number of nitrogens with zero attached hydrogens (tertiary/aromatic N) is 1. The molecule has 0 spiro atoms. The van der Waals surface area contributed by atoms with Crippen LogP contribution < -0.4 is 10.1 Å². The number of benzene rings is 1. The Labute approximate surface area is 142 Å². The van der Waals surface area contributed by atoms with Gasteiger partial charge in [0.25, 0.3) is 0 Å². The van der Waals surface area contributed by atoms with Gasteiger partial charge in [-0.2, -0.15) is 0 Å². The Morgan fingerprint density at radius 2 is 1.88 bits per heavy atom.